The van der Waals surface area contributed by atoms with Crippen LogP contribution in [0.25, 0.3) is 0 Å². The van der Waals surface area contributed by atoms with Gasteiger partial charge in [-0.05, 0) is 24.6 Å². The Morgan fingerprint density at radius 2 is 2.06 bits per heavy atom. The second-order valence-electron chi connectivity index (χ2n) is 3.31. The van der Waals surface area contributed by atoms with Crippen LogP contribution in [0.2, 0.25) is 5.02 Å². The number of rotatable bonds is 3. The van der Waals surface area contributed by atoms with Crippen molar-refractivity contribution in [3.8, 4) is 0 Å². The molecule has 0 saturated heterocycles. The number of esters is 1. The molecule has 0 aliphatic heterocycles. The van der Waals surface area contributed by atoms with Crippen LogP contribution in [0.5, 0.6) is 0 Å². The SMILES string of the molecule is COC(=O)/C=C\C(=O)Nc1ccc(C)c(Cl)c1. The highest BCUT2D eigenvalue weighted by Gasteiger charge is 2.01. The maximum atomic E-state index is 11.4. The van der Waals surface area contributed by atoms with Gasteiger partial charge < -0.3 is 10.1 Å². The third-order valence-corrected chi connectivity index (χ3v) is 2.42. The molecule has 90 valence electrons. The summed E-state index contributed by atoms with van der Waals surface area (Å²) in [6.45, 7) is 1.87. The number of halogens is 1. The smallest absolute Gasteiger partial charge is 0.330 e. The zero-order valence-electron chi connectivity index (χ0n) is 9.49. The van der Waals surface area contributed by atoms with Crippen LogP contribution in [0.15, 0.2) is 30.4 Å². The molecule has 1 rings (SSSR count). The summed E-state index contributed by atoms with van der Waals surface area (Å²) in [5, 5.41) is 3.14. The summed E-state index contributed by atoms with van der Waals surface area (Å²) < 4.78 is 4.36. The number of ether oxygens (including phenoxy) is 1. The number of carbonyl (C=O) groups excluding carboxylic acids is 2. The number of aryl methyl sites for hydroxylation is 1. The van der Waals surface area contributed by atoms with E-state index < -0.39 is 11.9 Å². The molecule has 0 aliphatic carbocycles. The summed E-state index contributed by atoms with van der Waals surface area (Å²) >= 11 is 5.90. The van der Waals surface area contributed by atoms with E-state index in [-0.39, 0.29) is 0 Å². The van der Waals surface area contributed by atoms with E-state index in [2.05, 4.69) is 10.1 Å². The monoisotopic (exact) mass is 253 g/mol. The molecule has 4 nitrogen and oxygen atoms in total. The largest absolute Gasteiger partial charge is 0.466 e. The number of benzene rings is 1. The van der Waals surface area contributed by atoms with E-state index in [1.54, 1.807) is 18.2 Å². The van der Waals surface area contributed by atoms with Crippen molar-refractivity contribution in [3.63, 3.8) is 0 Å². The van der Waals surface area contributed by atoms with Gasteiger partial charge in [0.25, 0.3) is 0 Å². The maximum Gasteiger partial charge on any atom is 0.330 e. The molecule has 0 atom stereocenters. The summed E-state index contributed by atoms with van der Waals surface area (Å²) in [7, 11) is 1.24. The quantitative estimate of drug-likeness (QED) is 0.664. The maximum absolute atomic E-state index is 11.4. The van der Waals surface area contributed by atoms with Gasteiger partial charge in [0, 0.05) is 22.9 Å². The van der Waals surface area contributed by atoms with Gasteiger partial charge >= 0.3 is 5.97 Å². The normalized spacial score (nSPS) is 10.3. The van der Waals surface area contributed by atoms with Crippen molar-refractivity contribution in [1.29, 1.82) is 0 Å². The average molecular weight is 254 g/mol. The Morgan fingerprint density at radius 3 is 2.65 bits per heavy atom. The predicted molar refractivity (Wildman–Crippen MR) is 66.0 cm³/mol. The standard InChI is InChI=1S/C12H12ClNO3/c1-8-3-4-9(7-10(8)13)14-11(15)5-6-12(16)17-2/h3-7H,1-2H3,(H,14,15)/b6-5-. The van der Waals surface area contributed by atoms with Gasteiger partial charge in [0.2, 0.25) is 5.91 Å². The first-order valence-electron chi connectivity index (χ1n) is 4.86. The molecule has 0 fully saturated rings. The Morgan fingerprint density at radius 1 is 1.35 bits per heavy atom. The minimum absolute atomic E-state index is 0.421. The minimum atomic E-state index is -0.581. The average Bonchev–Trinajstić information content (AvgIpc) is 2.31. The summed E-state index contributed by atoms with van der Waals surface area (Å²) in [5.74, 6) is -1.00. The van der Waals surface area contributed by atoms with E-state index >= 15 is 0 Å². The molecule has 5 heteroatoms. The third kappa shape index (κ3) is 4.28. The lowest BCUT2D eigenvalue weighted by atomic mass is 10.2. The van der Waals surface area contributed by atoms with Crippen LogP contribution in [0, 0.1) is 6.92 Å². The molecule has 0 bridgehead atoms. The Hall–Kier alpha value is -1.81. The molecule has 1 N–H and O–H groups in total. The molecule has 0 saturated carbocycles. The van der Waals surface area contributed by atoms with Crippen molar-refractivity contribution < 1.29 is 14.3 Å². The topological polar surface area (TPSA) is 55.4 Å². The lowest BCUT2D eigenvalue weighted by molar-refractivity contribution is -0.135. The van der Waals surface area contributed by atoms with Crippen LogP contribution in [0.3, 0.4) is 0 Å². The van der Waals surface area contributed by atoms with Crippen LogP contribution in [-0.2, 0) is 14.3 Å². The van der Waals surface area contributed by atoms with Gasteiger partial charge in [0.05, 0.1) is 7.11 Å². The number of carbonyl (C=O) groups is 2. The van der Waals surface area contributed by atoms with Crippen molar-refractivity contribution in [2.45, 2.75) is 6.92 Å². The van der Waals surface area contributed by atoms with Crippen molar-refractivity contribution >= 4 is 29.2 Å². The van der Waals surface area contributed by atoms with E-state index in [4.69, 9.17) is 11.6 Å². The van der Waals surface area contributed by atoms with Crippen LogP contribution in [0.4, 0.5) is 5.69 Å². The summed E-state index contributed by atoms with van der Waals surface area (Å²) in [4.78, 5) is 22.1. The van der Waals surface area contributed by atoms with Crippen LogP contribution >= 0.6 is 11.6 Å². The van der Waals surface area contributed by atoms with Crippen molar-refractivity contribution in [2.24, 2.45) is 0 Å². The number of hydrogen-bond acceptors (Lipinski definition) is 3. The molecule has 1 aromatic carbocycles. The molecule has 0 radical (unpaired) electrons. The summed E-state index contributed by atoms with van der Waals surface area (Å²) in [6, 6.07) is 5.16. The van der Waals surface area contributed by atoms with E-state index in [0.717, 1.165) is 17.7 Å². The molecule has 0 aromatic heterocycles. The lowest BCUT2D eigenvalue weighted by Crippen LogP contribution is -2.09. The van der Waals surface area contributed by atoms with Gasteiger partial charge in [-0.1, -0.05) is 17.7 Å². The zero-order chi connectivity index (χ0) is 12.8. The van der Waals surface area contributed by atoms with E-state index in [9.17, 15) is 9.59 Å². The fourth-order valence-electron chi connectivity index (χ4n) is 1.07. The van der Waals surface area contributed by atoms with Gasteiger partial charge in [0.1, 0.15) is 0 Å². The fourth-order valence-corrected chi connectivity index (χ4v) is 1.25. The third-order valence-electron chi connectivity index (χ3n) is 2.01. The molecule has 0 unspecified atom stereocenters. The fraction of sp³-hybridized carbons (Fsp3) is 0.167. The van der Waals surface area contributed by atoms with E-state index in [0.29, 0.717) is 10.7 Å². The number of nitrogens with one attached hydrogen (secondary N) is 1. The highest BCUT2D eigenvalue weighted by atomic mass is 35.5. The zero-order valence-corrected chi connectivity index (χ0v) is 10.2. The predicted octanol–water partition coefficient (Wildman–Crippen LogP) is 2.32. The minimum Gasteiger partial charge on any atom is -0.466 e. The first-order valence-corrected chi connectivity index (χ1v) is 5.24. The van der Waals surface area contributed by atoms with Gasteiger partial charge in [-0.3, -0.25) is 4.79 Å². The van der Waals surface area contributed by atoms with Crippen LogP contribution in [-0.4, -0.2) is 19.0 Å². The Labute approximate surface area is 104 Å². The van der Waals surface area contributed by atoms with Crippen LogP contribution < -0.4 is 5.32 Å². The molecule has 0 heterocycles. The Kier molecular flexibility index (Phi) is 4.72. The highest BCUT2D eigenvalue weighted by Crippen LogP contribution is 2.19. The lowest BCUT2D eigenvalue weighted by Gasteiger charge is -2.04. The van der Waals surface area contributed by atoms with Crippen molar-refractivity contribution in [2.75, 3.05) is 12.4 Å². The van der Waals surface area contributed by atoms with Gasteiger partial charge in [-0.15, -0.1) is 0 Å². The molecular formula is C12H12ClNO3. The van der Waals surface area contributed by atoms with Gasteiger partial charge in [-0.2, -0.15) is 0 Å². The first kappa shape index (κ1) is 13.3. The molecular weight excluding hydrogens is 242 g/mol. The Bertz CT molecular complexity index is 469. The Balaban J connectivity index is 2.65. The number of amides is 1. The number of hydrogen-bond donors (Lipinski definition) is 1. The second-order valence-corrected chi connectivity index (χ2v) is 3.72. The molecule has 1 amide bonds. The van der Waals surface area contributed by atoms with Gasteiger partial charge in [0.15, 0.2) is 0 Å². The number of methoxy groups -OCH3 is 1. The second kappa shape index (κ2) is 6.06. The van der Waals surface area contributed by atoms with E-state index in [1.165, 1.54) is 7.11 Å². The van der Waals surface area contributed by atoms with E-state index in [1.807, 2.05) is 6.92 Å². The molecule has 0 spiro atoms. The molecule has 17 heavy (non-hydrogen) atoms. The molecule has 1 aromatic rings. The van der Waals surface area contributed by atoms with Crippen molar-refractivity contribution in [3.05, 3.63) is 40.9 Å². The van der Waals surface area contributed by atoms with Gasteiger partial charge in [-0.25, -0.2) is 4.79 Å². The van der Waals surface area contributed by atoms with Crippen LogP contribution in [0.1, 0.15) is 5.56 Å². The summed E-state index contributed by atoms with van der Waals surface area (Å²) in [5.41, 5.74) is 1.50. The highest BCUT2D eigenvalue weighted by molar-refractivity contribution is 6.31. The van der Waals surface area contributed by atoms with Crippen molar-refractivity contribution in [1.82, 2.24) is 0 Å². The molecule has 0 aliphatic rings. The number of anilines is 1. The summed E-state index contributed by atoms with van der Waals surface area (Å²) in [6.07, 6.45) is 2.14. The first-order chi connectivity index (χ1) is 8.02.